The zero-order valence-electron chi connectivity index (χ0n) is 7.68. The average molecular weight is 278 g/mol. The summed E-state index contributed by atoms with van der Waals surface area (Å²) in [5, 5.41) is 2.66. The Morgan fingerprint density at radius 3 is 2.93 bits per heavy atom. The topological polar surface area (TPSA) is 42.0 Å². The van der Waals surface area contributed by atoms with Gasteiger partial charge in [-0.1, -0.05) is 0 Å². The molecule has 0 bridgehead atoms. The van der Waals surface area contributed by atoms with E-state index in [1.165, 1.54) is 0 Å². The number of halogens is 2. The third-order valence-electron chi connectivity index (χ3n) is 1.61. The Hall–Kier alpha value is -0.610. The molecule has 1 N–H and O–H groups in total. The van der Waals surface area contributed by atoms with E-state index in [4.69, 9.17) is 11.6 Å². The SMILES string of the molecule is Cc1nc(NC(=O)CCCl)ccc1Br. The lowest BCUT2D eigenvalue weighted by atomic mass is 10.3. The van der Waals surface area contributed by atoms with Gasteiger partial charge < -0.3 is 5.32 Å². The molecule has 1 aromatic heterocycles. The molecular formula is C9H10BrClN2O. The third kappa shape index (κ3) is 3.27. The van der Waals surface area contributed by atoms with Crippen LogP contribution in [-0.4, -0.2) is 16.8 Å². The van der Waals surface area contributed by atoms with Gasteiger partial charge in [0.1, 0.15) is 5.82 Å². The average Bonchev–Trinajstić information content (AvgIpc) is 2.12. The number of anilines is 1. The molecule has 0 unspecified atom stereocenters. The maximum absolute atomic E-state index is 11.2. The second kappa shape index (κ2) is 5.32. The number of nitrogens with zero attached hydrogens (tertiary/aromatic N) is 1. The predicted octanol–water partition coefficient (Wildman–Crippen LogP) is 2.72. The smallest absolute Gasteiger partial charge is 0.226 e. The highest BCUT2D eigenvalue weighted by Crippen LogP contribution is 2.16. The van der Waals surface area contributed by atoms with Crippen LogP contribution in [0.1, 0.15) is 12.1 Å². The normalized spacial score (nSPS) is 9.93. The van der Waals surface area contributed by atoms with E-state index >= 15 is 0 Å². The molecule has 0 fully saturated rings. The lowest BCUT2D eigenvalue weighted by Crippen LogP contribution is -2.13. The number of pyridine rings is 1. The summed E-state index contributed by atoms with van der Waals surface area (Å²) in [5.74, 6) is 0.761. The molecule has 1 heterocycles. The highest BCUT2D eigenvalue weighted by Gasteiger charge is 2.03. The second-order valence-electron chi connectivity index (χ2n) is 2.75. The monoisotopic (exact) mass is 276 g/mol. The van der Waals surface area contributed by atoms with Gasteiger partial charge in [-0.2, -0.15) is 0 Å². The van der Waals surface area contributed by atoms with Gasteiger partial charge in [0, 0.05) is 16.8 Å². The van der Waals surface area contributed by atoms with Gasteiger partial charge >= 0.3 is 0 Å². The van der Waals surface area contributed by atoms with Crippen molar-refractivity contribution in [2.45, 2.75) is 13.3 Å². The quantitative estimate of drug-likeness (QED) is 0.863. The fourth-order valence-electron chi connectivity index (χ4n) is 0.905. The second-order valence-corrected chi connectivity index (χ2v) is 3.98. The van der Waals surface area contributed by atoms with Crippen molar-refractivity contribution in [3.63, 3.8) is 0 Å². The molecule has 0 aliphatic heterocycles. The van der Waals surface area contributed by atoms with Gasteiger partial charge in [0.15, 0.2) is 0 Å². The number of amides is 1. The van der Waals surface area contributed by atoms with E-state index < -0.39 is 0 Å². The molecule has 76 valence electrons. The van der Waals surface area contributed by atoms with Gasteiger partial charge in [-0.15, -0.1) is 11.6 Å². The fourth-order valence-corrected chi connectivity index (χ4v) is 1.30. The maximum atomic E-state index is 11.2. The minimum Gasteiger partial charge on any atom is -0.311 e. The van der Waals surface area contributed by atoms with Crippen LogP contribution in [0.25, 0.3) is 0 Å². The highest BCUT2D eigenvalue weighted by molar-refractivity contribution is 9.10. The van der Waals surface area contributed by atoms with E-state index in [0.29, 0.717) is 18.1 Å². The summed E-state index contributed by atoms with van der Waals surface area (Å²) in [5.41, 5.74) is 0.841. The van der Waals surface area contributed by atoms with Gasteiger partial charge in [-0.3, -0.25) is 4.79 Å². The van der Waals surface area contributed by atoms with Gasteiger partial charge in [-0.05, 0) is 35.0 Å². The maximum Gasteiger partial charge on any atom is 0.226 e. The number of aromatic nitrogens is 1. The molecule has 1 rings (SSSR count). The van der Waals surface area contributed by atoms with Gasteiger partial charge in [0.25, 0.3) is 0 Å². The molecule has 0 aromatic carbocycles. The van der Waals surface area contributed by atoms with Crippen LogP contribution in [0.3, 0.4) is 0 Å². The molecule has 0 saturated carbocycles. The van der Waals surface area contributed by atoms with Crippen molar-refractivity contribution in [1.29, 1.82) is 0 Å². The fraction of sp³-hybridized carbons (Fsp3) is 0.333. The molecule has 0 saturated heterocycles. The first-order valence-electron chi connectivity index (χ1n) is 4.12. The van der Waals surface area contributed by atoms with E-state index in [0.717, 1.165) is 10.2 Å². The van der Waals surface area contributed by atoms with Crippen LogP contribution in [0.2, 0.25) is 0 Å². The number of carbonyl (C=O) groups excluding carboxylic acids is 1. The van der Waals surface area contributed by atoms with Crippen molar-refractivity contribution in [3.05, 3.63) is 22.3 Å². The molecular weight excluding hydrogens is 267 g/mol. The summed E-state index contributed by atoms with van der Waals surface area (Å²) < 4.78 is 0.924. The van der Waals surface area contributed by atoms with E-state index in [2.05, 4.69) is 26.2 Å². The largest absolute Gasteiger partial charge is 0.311 e. The zero-order valence-corrected chi connectivity index (χ0v) is 10.0. The number of aryl methyl sites for hydroxylation is 1. The molecule has 3 nitrogen and oxygen atoms in total. The van der Waals surface area contributed by atoms with Crippen LogP contribution in [0.5, 0.6) is 0 Å². The van der Waals surface area contributed by atoms with Gasteiger partial charge in [0.05, 0.1) is 5.69 Å². The molecule has 14 heavy (non-hydrogen) atoms. The Labute approximate surface area is 96.0 Å². The number of hydrogen-bond donors (Lipinski definition) is 1. The van der Waals surface area contributed by atoms with Crippen LogP contribution in [-0.2, 0) is 4.79 Å². The Kier molecular flexibility index (Phi) is 4.35. The van der Waals surface area contributed by atoms with Crippen molar-refractivity contribution in [2.75, 3.05) is 11.2 Å². The van der Waals surface area contributed by atoms with Crippen molar-refractivity contribution in [3.8, 4) is 0 Å². The minimum absolute atomic E-state index is 0.116. The van der Waals surface area contributed by atoms with Crippen LogP contribution < -0.4 is 5.32 Å². The Balaban J connectivity index is 2.68. The van der Waals surface area contributed by atoms with Crippen molar-refractivity contribution < 1.29 is 4.79 Å². The minimum atomic E-state index is -0.116. The third-order valence-corrected chi connectivity index (χ3v) is 2.64. The molecule has 1 aromatic rings. The zero-order chi connectivity index (χ0) is 10.6. The van der Waals surface area contributed by atoms with Crippen LogP contribution >= 0.6 is 27.5 Å². The van der Waals surface area contributed by atoms with E-state index in [1.807, 2.05) is 13.0 Å². The summed E-state index contributed by atoms with van der Waals surface area (Å²) in [4.78, 5) is 15.3. The summed E-state index contributed by atoms with van der Waals surface area (Å²) in [6.45, 7) is 1.86. The summed E-state index contributed by atoms with van der Waals surface area (Å²) in [7, 11) is 0. The van der Waals surface area contributed by atoms with E-state index in [1.54, 1.807) is 6.07 Å². The van der Waals surface area contributed by atoms with Crippen LogP contribution in [0, 0.1) is 6.92 Å². The van der Waals surface area contributed by atoms with E-state index in [9.17, 15) is 4.79 Å². The lowest BCUT2D eigenvalue weighted by Gasteiger charge is -2.04. The van der Waals surface area contributed by atoms with Crippen LogP contribution in [0.4, 0.5) is 5.82 Å². The Morgan fingerprint density at radius 1 is 1.64 bits per heavy atom. The Bertz CT molecular complexity index is 344. The summed E-state index contributed by atoms with van der Waals surface area (Å²) in [6, 6.07) is 3.59. The molecule has 0 spiro atoms. The molecule has 1 amide bonds. The highest BCUT2D eigenvalue weighted by atomic mass is 79.9. The summed E-state index contributed by atoms with van der Waals surface area (Å²) >= 11 is 8.76. The van der Waals surface area contributed by atoms with Gasteiger partial charge in [0.2, 0.25) is 5.91 Å². The summed E-state index contributed by atoms with van der Waals surface area (Å²) in [6.07, 6.45) is 0.304. The molecule has 0 atom stereocenters. The Morgan fingerprint density at radius 2 is 2.36 bits per heavy atom. The first-order chi connectivity index (χ1) is 6.63. The lowest BCUT2D eigenvalue weighted by molar-refractivity contribution is -0.115. The number of hydrogen-bond acceptors (Lipinski definition) is 2. The first kappa shape index (κ1) is 11.5. The molecule has 0 aliphatic carbocycles. The van der Waals surface area contributed by atoms with E-state index in [-0.39, 0.29) is 5.91 Å². The number of carbonyl (C=O) groups is 1. The van der Waals surface area contributed by atoms with Crippen LogP contribution in [0.15, 0.2) is 16.6 Å². The number of rotatable bonds is 3. The molecule has 0 aliphatic rings. The van der Waals surface area contributed by atoms with Crippen molar-refractivity contribution in [1.82, 2.24) is 4.98 Å². The molecule has 0 radical (unpaired) electrons. The van der Waals surface area contributed by atoms with Gasteiger partial charge in [-0.25, -0.2) is 4.98 Å². The molecule has 5 heteroatoms. The number of nitrogens with one attached hydrogen (secondary N) is 1. The standard InChI is InChI=1S/C9H10BrClN2O/c1-6-7(10)2-3-8(12-6)13-9(14)4-5-11/h2-3H,4-5H2,1H3,(H,12,13,14). The number of alkyl halides is 1. The van der Waals surface area contributed by atoms with Crippen molar-refractivity contribution in [2.24, 2.45) is 0 Å². The van der Waals surface area contributed by atoms with Crippen molar-refractivity contribution >= 4 is 39.3 Å². The first-order valence-corrected chi connectivity index (χ1v) is 5.45. The predicted molar refractivity (Wildman–Crippen MR) is 60.6 cm³/mol.